The van der Waals surface area contributed by atoms with Gasteiger partial charge >= 0.3 is 6.09 Å². The van der Waals surface area contributed by atoms with E-state index in [-0.39, 0.29) is 0 Å². The minimum atomic E-state index is -0.569. The number of pyridine rings is 1. The van der Waals surface area contributed by atoms with E-state index in [1.54, 1.807) is 6.20 Å². The number of benzene rings is 1. The topological polar surface area (TPSA) is 77.0 Å². The lowest BCUT2D eigenvalue weighted by Gasteiger charge is -2.20. The van der Waals surface area contributed by atoms with E-state index in [4.69, 9.17) is 4.74 Å². The molecule has 2 heterocycles. The number of rotatable bonds is 3. The molecule has 0 unspecified atom stereocenters. The predicted molar refractivity (Wildman–Crippen MR) is 115 cm³/mol. The molecular formula is C21H21BrN4O2. The molecule has 144 valence electrons. The first-order chi connectivity index (χ1) is 13.2. The molecular weight excluding hydrogens is 420 g/mol. The van der Waals surface area contributed by atoms with Crippen LogP contribution in [0.1, 0.15) is 38.0 Å². The Hall–Kier alpha value is -2.80. The van der Waals surface area contributed by atoms with Crippen molar-refractivity contribution >= 4 is 50.8 Å². The van der Waals surface area contributed by atoms with Gasteiger partial charge in [-0.1, -0.05) is 15.9 Å². The highest BCUT2D eigenvalue weighted by Gasteiger charge is 2.17. The lowest BCUT2D eigenvalue weighted by molar-refractivity contribution is 0.0636. The maximum Gasteiger partial charge on any atom is 0.412 e. The van der Waals surface area contributed by atoms with Crippen LogP contribution >= 0.6 is 15.9 Å². The average molecular weight is 441 g/mol. The van der Waals surface area contributed by atoms with Crippen LogP contribution in [0.15, 0.2) is 41.0 Å². The van der Waals surface area contributed by atoms with E-state index in [1.165, 1.54) is 0 Å². The molecule has 0 aliphatic carbocycles. The van der Waals surface area contributed by atoms with Crippen LogP contribution in [0.5, 0.6) is 0 Å². The maximum absolute atomic E-state index is 12.1. The van der Waals surface area contributed by atoms with Crippen LogP contribution in [0.3, 0.4) is 0 Å². The molecule has 0 bridgehead atoms. The number of ether oxygens (including phenoxy) is 1. The summed E-state index contributed by atoms with van der Waals surface area (Å²) >= 11 is 3.47. The van der Waals surface area contributed by atoms with Crippen LogP contribution in [-0.2, 0) is 4.74 Å². The Labute approximate surface area is 172 Å². The van der Waals surface area contributed by atoms with E-state index >= 15 is 0 Å². The van der Waals surface area contributed by atoms with Gasteiger partial charge in [0.15, 0.2) is 5.82 Å². The molecule has 28 heavy (non-hydrogen) atoms. The van der Waals surface area contributed by atoms with E-state index in [2.05, 4.69) is 36.2 Å². The number of carbonyl (C=O) groups excluding carboxylic acids is 1. The summed E-state index contributed by atoms with van der Waals surface area (Å²) in [6.45, 7) is 7.39. The van der Waals surface area contributed by atoms with Crippen LogP contribution in [0.2, 0.25) is 0 Å². The van der Waals surface area contributed by atoms with E-state index in [0.29, 0.717) is 11.5 Å². The highest BCUT2D eigenvalue weighted by atomic mass is 79.9. The number of anilines is 1. The van der Waals surface area contributed by atoms with Gasteiger partial charge in [0.05, 0.1) is 16.9 Å². The quantitative estimate of drug-likeness (QED) is 0.572. The minimum Gasteiger partial charge on any atom is -0.444 e. The SMILES string of the molecule is Cc1ccnc(/C=C/c2ccc3c(NC(=O)OC(C)(C)C)cc(Br)cc3n2)n1. The number of nitrogens with one attached hydrogen (secondary N) is 1. The van der Waals surface area contributed by atoms with Crippen molar-refractivity contribution in [3.63, 3.8) is 0 Å². The van der Waals surface area contributed by atoms with Crippen molar-refractivity contribution < 1.29 is 9.53 Å². The van der Waals surface area contributed by atoms with Crippen LogP contribution in [0.4, 0.5) is 10.5 Å². The summed E-state index contributed by atoms with van der Waals surface area (Å²) in [6.07, 6.45) is 4.89. The molecule has 0 fully saturated rings. The standard InChI is InChI=1S/C21H21BrN4O2/c1-13-9-10-23-19(24-13)8-6-15-5-7-16-17(25-15)11-14(22)12-18(16)26-20(27)28-21(2,3)4/h5-12H,1-4H3,(H,26,27)/b8-6+. The highest BCUT2D eigenvalue weighted by Crippen LogP contribution is 2.28. The third kappa shape index (κ3) is 5.36. The molecule has 1 aromatic carbocycles. The number of aromatic nitrogens is 3. The van der Waals surface area contributed by atoms with Crippen molar-refractivity contribution in [2.75, 3.05) is 5.32 Å². The highest BCUT2D eigenvalue weighted by molar-refractivity contribution is 9.10. The molecule has 0 aliphatic heterocycles. The first-order valence-corrected chi connectivity index (χ1v) is 9.57. The Bertz CT molecular complexity index is 1060. The fourth-order valence-electron chi connectivity index (χ4n) is 2.53. The van der Waals surface area contributed by atoms with E-state index < -0.39 is 11.7 Å². The second-order valence-electron chi connectivity index (χ2n) is 7.27. The van der Waals surface area contributed by atoms with Crippen molar-refractivity contribution in [1.82, 2.24) is 15.0 Å². The summed E-state index contributed by atoms with van der Waals surface area (Å²) in [5.74, 6) is 0.628. The average Bonchev–Trinajstić information content (AvgIpc) is 2.58. The molecule has 3 aromatic rings. The number of hydrogen-bond donors (Lipinski definition) is 1. The third-order valence-corrected chi connectivity index (χ3v) is 4.10. The number of aryl methyl sites for hydroxylation is 1. The molecule has 0 saturated heterocycles. The Morgan fingerprint density at radius 1 is 1.14 bits per heavy atom. The van der Waals surface area contributed by atoms with E-state index in [1.807, 2.05) is 70.2 Å². The number of amides is 1. The van der Waals surface area contributed by atoms with Gasteiger partial charge in [-0.25, -0.2) is 19.7 Å². The zero-order chi connectivity index (χ0) is 20.3. The second kappa shape index (κ2) is 8.06. The van der Waals surface area contributed by atoms with Crippen LogP contribution in [-0.4, -0.2) is 26.6 Å². The summed E-state index contributed by atoms with van der Waals surface area (Å²) < 4.78 is 6.15. The van der Waals surface area contributed by atoms with E-state index in [0.717, 1.165) is 26.8 Å². The molecule has 0 aliphatic rings. The smallest absolute Gasteiger partial charge is 0.412 e. The molecule has 7 heteroatoms. The van der Waals surface area contributed by atoms with Crippen molar-refractivity contribution in [3.8, 4) is 0 Å². The number of hydrogen-bond acceptors (Lipinski definition) is 5. The van der Waals surface area contributed by atoms with Crippen molar-refractivity contribution in [2.24, 2.45) is 0 Å². The zero-order valence-corrected chi connectivity index (χ0v) is 17.7. The van der Waals surface area contributed by atoms with Crippen molar-refractivity contribution in [2.45, 2.75) is 33.3 Å². The molecule has 1 amide bonds. The van der Waals surface area contributed by atoms with Crippen molar-refractivity contribution in [1.29, 1.82) is 0 Å². The molecule has 2 aromatic heterocycles. The Balaban J connectivity index is 1.89. The van der Waals surface area contributed by atoms with Gasteiger partial charge in [0.1, 0.15) is 5.60 Å². The van der Waals surface area contributed by atoms with Crippen LogP contribution in [0, 0.1) is 6.92 Å². The van der Waals surface area contributed by atoms with Gasteiger partial charge in [-0.05, 0) is 70.2 Å². The molecule has 0 spiro atoms. The van der Waals surface area contributed by atoms with Gasteiger partial charge in [0.2, 0.25) is 0 Å². The number of halogens is 1. The molecule has 0 radical (unpaired) electrons. The predicted octanol–water partition coefficient (Wildman–Crippen LogP) is 5.61. The zero-order valence-electron chi connectivity index (χ0n) is 16.2. The van der Waals surface area contributed by atoms with Gasteiger partial charge in [-0.2, -0.15) is 0 Å². The van der Waals surface area contributed by atoms with Gasteiger partial charge in [0, 0.05) is 21.7 Å². The monoisotopic (exact) mass is 440 g/mol. The second-order valence-corrected chi connectivity index (χ2v) is 8.19. The number of nitrogens with zero attached hydrogens (tertiary/aromatic N) is 3. The largest absolute Gasteiger partial charge is 0.444 e. The normalized spacial score (nSPS) is 11.8. The number of fused-ring (bicyclic) bond motifs is 1. The van der Waals surface area contributed by atoms with Crippen LogP contribution in [0.25, 0.3) is 23.1 Å². The summed E-state index contributed by atoms with van der Waals surface area (Å²) in [7, 11) is 0. The van der Waals surface area contributed by atoms with Gasteiger partial charge in [-0.3, -0.25) is 5.32 Å². The molecule has 3 rings (SSSR count). The summed E-state index contributed by atoms with van der Waals surface area (Å²) in [4.78, 5) is 25.4. The lowest BCUT2D eigenvalue weighted by Crippen LogP contribution is -2.27. The maximum atomic E-state index is 12.1. The summed E-state index contributed by atoms with van der Waals surface area (Å²) in [6, 6.07) is 9.36. The summed E-state index contributed by atoms with van der Waals surface area (Å²) in [5, 5.41) is 3.61. The lowest BCUT2D eigenvalue weighted by atomic mass is 10.1. The van der Waals surface area contributed by atoms with E-state index in [9.17, 15) is 4.79 Å². The Morgan fingerprint density at radius 3 is 2.64 bits per heavy atom. The minimum absolute atomic E-state index is 0.507. The first kappa shape index (κ1) is 19.9. The fraction of sp³-hybridized carbons (Fsp3) is 0.238. The first-order valence-electron chi connectivity index (χ1n) is 8.78. The third-order valence-electron chi connectivity index (χ3n) is 3.65. The van der Waals surface area contributed by atoms with Crippen molar-refractivity contribution in [3.05, 3.63) is 58.2 Å². The molecule has 6 nitrogen and oxygen atoms in total. The Morgan fingerprint density at radius 2 is 1.93 bits per heavy atom. The molecule has 0 atom stereocenters. The van der Waals surface area contributed by atoms with Gasteiger partial charge < -0.3 is 4.74 Å². The molecule has 0 saturated carbocycles. The van der Waals surface area contributed by atoms with Gasteiger partial charge in [0.25, 0.3) is 0 Å². The number of carbonyl (C=O) groups is 1. The fourth-order valence-corrected chi connectivity index (χ4v) is 2.98. The van der Waals surface area contributed by atoms with Crippen LogP contribution < -0.4 is 5.32 Å². The molecule has 1 N–H and O–H groups in total. The summed E-state index contributed by atoms with van der Waals surface area (Å²) in [5.41, 5.74) is 2.47. The van der Waals surface area contributed by atoms with Gasteiger partial charge in [-0.15, -0.1) is 0 Å². The Kier molecular flexibility index (Phi) is 5.74.